The maximum atomic E-state index is 7.14. The van der Waals surface area contributed by atoms with Crippen LogP contribution in [0, 0.1) is 0 Å². The van der Waals surface area contributed by atoms with Crippen LogP contribution in [0.5, 0.6) is 0 Å². The lowest BCUT2D eigenvalue weighted by molar-refractivity contribution is 0.629. The molecule has 126 valence electrons. The fourth-order valence-corrected chi connectivity index (χ4v) is 7.93. The summed E-state index contributed by atoms with van der Waals surface area (Å²) in [7, 11) is -0.257. The van der Waals surface area contributed by atoms with Crippen LogP contribution in [-0.2, 0) is 0 Å². The lowest BCUT2D eigenvalue weighted by Crippen LogP contribution is -2.12. The van der Waals surface area contributed by atoms with Crippen molar-refractivity contribution in [3.8, 4) is 0 Å². The van der Waals surface area contributed by atoms with E-state index >= 15 is 0 Å². The average molecular weight is 325 g/mol. The summed E-state index contributed by atoms with van der Waals surface area (Å²) < 4.78 is 0. The third-order valence-corrected chi connectivity index (χ3v) is 9.00. The van der Waals surface area contributed by atoms with Crippen molar-refractivity contribution in [1.29, 1.82) is 0 Å². The molecule has 0 unspecified atom stereocenters. The number of rotatable bonds is 12. The lowest BCUT2D eigenvalue weighted by atomic mass is 10.4. The molecule has 0 aromatic heterocycles. The van der Waals surface area contributed by atoms with Gasteiger partial charge < -0.3 is 10.3 Å². The van der Waals surface area contributed by atoms with Crippen molar-refractivity contribution in [2.24, 2.45) is 0 Å². The van der Waals surface area contributed by atoms with Gasteiger partial charge in [0.2, 0.25) is 0 Å². The summed E-state index contributed by atoms with van der Waals surface area (Å²) in [5.74, 6) is 0. The Kier molecular flexibility index (Phi) is 25.0. The summed E-state index contributed by atoms with van der Waals surface area (Å²) in [6.07, 6.45) is 17.9. The molecule has 4 heteroatoms. The molecule has 0 aliphatic rings. The van der Waals surface area contributed by atoms with Gasteiger partial charge in [-0.2, -0.15) is 0 Å². The van der Waals surface area contributed by atoms with Crippen molar-refractivity contribution in [2.45, 2.75) is 79.1 Å². The van der Waals surface area contributed by atoms with Gasteiger partial charge in [-0.05, 0) is 25.7 Å². The molecule has 0 aliphatic heterocycles. The Morgan fingerprint density at radius 3 is 0.950 bits per heavy atom. The fraction of sp³-hybridized carbons (Fsp3) is 1.00. The molecule has 0 aromatic rings. The van der Waals surface area contributed by atoms with Gasteiger partial charge in [-0.3, -0.25) is 0 Å². The van der Waals surface area contributed by atoms with Gasteiger partial charge in [-0.15, -0.1) is 0 Å². The standard InChI is InChI=1S/C16H36P.H4OSi.H2O/c1-5-9-13-17(14-10-6-2,15-11-7-3)16-12-8-4;1-2;/h5-16H2,1-4H3;1H,2H3;1H2/q+1;;/p-1. The second-order valence-electron chi connectivity index (χ2n) is 5.65. The molecule has 0 aromatic carbocycles. The average Bonchev–Trinajstić information content (AvgIpc) is 2.48. The van der Waals surface area contributed by atoms with E-state index in [1.807, 2.05) is 0 Å². The van der Waals surface area contributed by atoms with Crippen LogP contribution in [0.1, 0.15) is 79.1 Å². The van der Waals surface area contributed by atoms with E-state index in [1.165, 1.54) is 51.4 Å². The van der Waals surface area contributed by atoms with Crippen LogP contribution in [0.2, 0.25) is 0 Å². The first-order chi connectivity index (χ1) is 9.24. The Labute approximate surface area is 132 Å². The van der Waals surface area contributed by atoms with Crippen LogP contribution in [0.25, 0.3) is 0 Å². The minimum absolute atomic E-state index is 0. The van der Waals surface area contributed by atoms with Gasteiger partial charge in [0.05, 0.1) is 24.6 Å². The SMILES string of the molecule is CCCC[P+](CCCC)(CCCC)CCCC.O[SiH3].[OH-]. The number of hydrogen-bond donors (Lipinski definition) is 1. The molecular weight excluding hydrogens is 283 g/mol. The highest BCUT2D eigenvalue weighted by Gasteiger charge is 2.34. The number of unbranched alkanes of at least 4 members (excludes halogenated alkanes) is 4. The molecule has 0 radical (unpaired) electrons. The largest absolute Gasteiger partial charge is 0.870 e. The summed E-state index contributed by atoms with van der Waals surface area (Å²) >= 11 is 0. The Hall–Kier alpha value is 0.567. The molecule has 0 heterocycles. The number of hydrogen-bond acceptors (Lipinski definition) is 2. The highest BCUT2D eigenvalue weighted by Crippen LogP contribution is 2.61. The van der Waals surface area contributed by atoms with E-state index in [1.54, 1.807) is 24.6 Å². The Balaban J connectivity index is -0.000000916. The van der Waals surface area contributed by atoms with Gasteiger partial charge in [0.1, 0.15) is 10.5 Å². The summed E-state index contributed by atoms with van der Waals surface area (Å²) in [4.78, 5) is 7.14. The van der Waals surface area contributed by atoms with Crippen LogP contribution in [0.15, 0.2) is 0 Å². The minimum Gasteiger partial charge on any atom is -0.870 e. The quantitative estimate of drug-likeness (QED) is 0.430. The zero-order valence-corrected chi connectivity index (χ0v) is 17.7. The molecule has 20 heavy (non-hydrogen) atoms. The Bertz CT molecular complexity index is 131. The normalized spacial score (nSPS) is 10.7. The highest BCUT2D eigenvalue weighted by molar-refractivity contribution is 7.75. The van der Waals surface area contributed by atoms with Crippen LogP contribution in [0.4, 0.5) is 0 Å². The van der Waals surface area contributed by atoms with Gasteiger partial charge in [0.25, 0.3) is 0 Å². The summed E-state index contributed by atoms with van der Waals surface area (Å²) in [5.41, 5.74) is 0. The second kappa shape index (κ2) is 19.6. The highest BCUT2D eigenvalue weighted by atomic mass is 31.2. The molecule has 0 saturated carbocycles. The summed E-state index contributed by atoms with van der Waals surface area (Å²) in [5, 5.41) is 0. The molecule has 0 bridgehead atoms. The summed E-state index contributed by atoms with van der Waals surface area (Å²) in [6.45, 7) is 9.42. The zero-order chi connectivity index (χ0) is 15.0. The van der Waals surface area contributed by atoms with E-state index in [-0.39, 0.29) is 5.48 Å². The first-order valence-corrected chi connectivity index (χ1v) is 12.0. The van der Waals surface area contributed by atoms with E-state index in [0.29, 0.717) is 10.5 Å². The molecule has 0 aliphatic carbocycles. The minimum atomic E-state index is -0.562. The molecule has 0 fully saturated rings. The van der Waals surface area contributed by atoms with Gasteiger partial charge in [0, 0.05) is 7.26 Å². The van der Waals surface area contributed by atoms with Gasteiger partial charge in [-0.1, -0.05) is 53.4 Å². The predicted molar refractivity (Wildman–Crippen MR) is 100 cm³/mol. The van der Waals surface area contributed by atoms with E-state index in [4.69, 9.17) is 4.80 Å². The van der Waals surface area contributed by atoms with E-state index in [2.05, 4.69) is 27.7 Å². The zero-order valence-electron chi connectivity index (χ0n) is 14.8. The topological polar surface area (TPSA) is 50.2 Å². The first kappa shape index (κ1) is 25.5. The molecule has 2 N–H and O–H groups in total. The molecular formula is C16H41O2PSi. The van der Waals surface area contributed by atoms with Gasteiger partial charge in [-0.25, -0.2) is 0 Å². The second-order valence-corrected chi connectivity index (χ2v) is 10.1. The van der Waals surface area contributed by atoms with E-state index in [9.17, 15) is 0 Å². The van der Waals surface area contributed by atoms with Gasteiger partial charge in [0.15, 0.2) is 0 Å². The van der Waals surface area contributed by atoms with Crippen molar-refractivity contribution >= 4 is 17.7 Å². The smallest absolute Gasteiger partial charge is 0.141 e. The predicted octanol–water partition coefficient (Wildman–Crippen LogP) is 4.29. The van der Waals surface area contributed by atoms with Crippen LogP contribution < -0.4 is 0 Å². The maximum Gasteiger partial charge on any atom is 0.141 e. The van der Waals surface area contributed by atoms with Crippen molar-refractivity contribution in [1.82, 2.24) is 0 Å². The van der Waals surface area contributed by atoms with Crippen molar-refractivity contribution in [3.05, 3.63) is 0 Å². The molecule has 0 atom stereocenters. The Morgan fingerprint density at radius 1 is 0.600 bits per heavy atom. The van der Waals surface area contributed by atoms with Crippen LogP contribution >= 0.6 is 7.26 Å². The van der Waals surface area contributed by atoms with Crippen molar-refractivity contribution in [3.63, 3.8) is 0 Å². The van der Waals surface area contributed by atoms with E-state index < -0.39 is 7.26 Å². The fourth-order valence-electron chi connectivity index (χ4n) is 2.64. The van der Waals surface area contributed by atoms with E-state index in [0.717, 1.165) is 0 Å². The molecule has 0 amide bonds. The third-order valence-electron chi connectivity index (χ3n) is 3.94. The third kappa shape index (κ3) is 13.5. The maximum absolute atomic E-state index is 7.14. The van der Waals surface area contributed by atoms with Crippen molar-refractivity contribution in [2.75, 3.05) is 24.6 Å². The van der Waals surface area contributed by atoms with Crippen molar-refractivity contribution < 1.29 is 10.3 Å². The van der Waals surface area contributed by atoms with Crippen LogP contribution in [-0.4, -0.2) is 45.4 Å². The molecule has 0 saturated heterocycles. The van der Waals surface area contributed by atoms with Crippen LogP contribution in [0.3, 0.4) is 0 Å². The lowest BCUT2D eigenvalue weighted by Gasteiger charge is -2.28. The first-order valence-electron chi connectivity index (χ1n) is 8.54. The monoisotopic (exact) mass is 324 g/mol. The Morgan fingerprint density at radius 2 is 0.800 bits per heavy atom. The van der Waals surface area contributed by atoms with Gasteiger partial charge >= 0.3 is 0 Å². The molecule has 2 nitrogen and oxygen atoms in total. The molecule has 0 spiro atoms. The summed E-state index contributed by atoms with van der Waals surface area (Å²) in [6, 6.07) is 0. The molecule has 0 rings (SSSR count).